The van der Waals surface area contributed by atoms with E-state index in [0.717, 1.165) is 43.7 Å². The van der Waals surface area contributed by atoms with Crippen LogP contribution in [0.1, 0.15) is 50.0 Å². The number of alkyl halides is 3. The summed E-state index contributed by atoms with van der Waals surface area (Å²) in [4.78, 5) is 46.3. The van der Waals surface area contributed by atoms with Crippen LogP contribution < -0.4 is 10.2 Å². The van der Waals surface area contributed by atoms with Crippen molar-refractivity contribution in [2.75, 3.05) is 43.4 Å². The molecule has 4 heterocycles. The molecule has 38 heavy (non-hydrogen) atoms. The van der Waals surface area contributed by atoms with Crippen LogP contribution in [0.2, 0.25) is 10.0 Å². The first-order chi connectivity index (χ1) is 17.9. The molecule has 1 fully saturated rings. The fraction of sp³-hybridized carbons (Fsp3) is 0.391. The lowest BCUT2D eigenvalue weighted by Crippen LogP contribution is -2.45. The van der Waals surface area contributed by atoms with E-state index in [2.05, 4.69) is 30.2 Å². The molecule has 1 amide bonds. The molecule has 0 bridgehead atoms. The zero-order valence-electron chi connectivity index (χ0n) is 20.2. The molecule has 0 radical (unpaired) electrons. The Bertz CT molecular complexity index is 1350. The van der Waals surface area contributed by atoms with Gasteiger partial charge in [-0.05, 0) is 13.1 Å². The average molecular weight is 588 g/mol. The van der Waals surface area contributed by atoms with Crippen molar-refractivity contribution in [1.82, 2.24) is 24.8 Å². The lowest BCUT2D eigenvalue weighted by atomic mass is 10.0. The standard InChI is InChI=1S/C23H22Cl2F3N7O2S/c1-12(7-15(36)19-18(25)20(32-11-31-19)35-5-3-34(2)4-6-35)22-30-10-16(38-22)21(37)33-17-8-13(23(26,27)28)14(24)9-29-17/h8-12H,3-7H2,1-2H3,(H,29,33,37). The molecule has 15 heteroatoms. The summed E-state index contributed by atoms with van der Waals surface area (Å²) in [5.41, 5.74) is -0.994. The summed E-state index contributed by atoms with van der Waals surface area (Å²) >= 11 is 13.1. The van der Waals surface area contributed by atoms with E-state index < -0.39 is 22.7 Å². The molecule has 1 saturated heterocycles. The Kier molecular flexibility index (Phi) is 8.50. The fourth-order valence-electron chi connectivity index (χ4n) is 3.78. The quantitative estimate of drug-likeness (QED) is 0.384. The number of Topliss-reactive ketones (excluding diaryl/α,β-unsaturated/α-hetero) is 1. The van der Waals surface area contributed by atoms with Gasteiger partial charge in [-0.25, -0.2) is 19.9 Å². The molecule has 0 aliphatic carbocycles. The summed E-state index contributed by atoms with van der Waals surface area (Å²) < 4.78 is 39.2. The number of pyridine rings is 1. The predicted molar refractivity (Wildman–Crippen MR) is 138 cm³/mol. The Morgan fingerprint density at radius 3 is 2.50 bits per heavy atom. The number of amides is 1. The van der Waals surface area contributed by atoms with E-state index in [1.807, 2.05) is 11.9 Å². The van der Waals surface area contributed by atoms with Crippen LogP contribution >= 0.6 is 34.5 Å². The van der Waals surface area contributed by atoms with Crippen LogP contribution in [-0.4, -0.2) is 69.8 Å². The molecule has 0 spiro atoms. The van der Waals surface area contributed by atoms with E-state index in [4.69, 9.17) is 23.2 Å². The van der Waals surface area contributed by atoms with Gasteiger partial charge >= 0.3 is 6.18 Å². The molecular formula is C23H22Cl2F3N7O2S. The number of carbonyl (C=O) groups excluding carboxylic acids is 2. The maximum absolute atomic E-state index is 13.1. The zero-order valence-corrected chi connectivity index (χ0v) is 22.5. The Hall–Kier alpha value is -2.87. The van der Waals surface area contributed by atoms with Crippen molar-refractivity contribution >= 4 is 57.9 Å². The van der Waals surface area contributed by atoms with Gasteiger partial charge in [0.15, 0.2) is 11.6 Å². The topological polar surface area (TPSA) is 104 Å². The Morgan fingerprint density at radius 1 is 1.11 bits per heavy atom. The SMILES string of the molecule is CC(CC(=O)c1ncnc(N2CCN(C)CC2)c1Cl)c1ncc(C(=O)Nc2cc(C(F)(F)F)c(Cl)cn2)s1. The molecule has 9 nitrogen and oxygen atoms in total. The third kappa shape index (κ3) is 6.40. The molecule has 0 saturated carbocycles. The van der Waals surface area contributed by atoms with Gasteiger partial charge in [-0.15, -0.1) is 11.3 Å². The maximum Gasteiger partial charge on any atom is 0.418 e. The summed E-state index contributed by atoms with van der Waals surface area (Å²) in [7, 11) is 2.03. The van der Waals surface area contributed by atoms with Crippen LogP contribution in [0.4, 0.5) is 24.8 Å². The number of likely N-dealkylation sites (N-methyl/N-ethyl adjacent to an activating group) is 1. The summed E-state index contributed by atoms with van der Waals surface area (Å²) in [6, 6.07) is 0.658. The number of aromatic nitrogens is 4. The number of nitrogens with one attached hydrogen (secondary N) is 1. The fourth-order valence-corrected chi connectivity index (χ4v) is 5.18. The minimum absolute atomic E-state index is 0.0289. The van der Waals surface area contributed by atoms with Gasteiger partial charge < -0.3 is 15.1 Å². The third-order valence-corrected chi connectivity index (χ3v) is 7.78. The molecule has 1 aliphatic heterocycles. The number of thiazole rings is 1. The van der Waals surface area contributed by atoms with Crippen molar-refractivity contribution in [2.24, 2.45) is 0 Å². The minimum Gasteiger partial charge on any atom is -0.353 e. The van der Waals surface area contributed by atoms with Crippen LogP contribution in [0.15, 0.2) is 24.8 Å². The number of rotatable bonds is 7. The molecule has 1 unspecified atom stereocenters. The number of nitrogens with zero attached hydrogens (tertiary/aromatic N) is 6. The Morgan fingerprint density at radius 2 is 1.82 bits per heavy atom. The first-order valence-electron chi connectivity index (χ1n) is 11.4. The highest BCUT2D eigenvalue weighted by atomic mass is 35.5. The molecule has 202 valence electrons. The van der Waals surface area contributed by atoms with Crippen molar-refractivity contribution in [3.63, 3.8) is 0 Å². The number of ketones is 1. The van der Waals surface area contributed by atoms with Crippen LogP contribution in [0.25, 0.3) is 0 Å². The Labute approximate surface area is 230 Å². The van der Waals surface area contributed by atoms with Crippen molar-refractivity contribution in [2.45, 2.75) is 25.4 Å². The van der Waals surface area contributed by atoms with Gasteiger partial charge in [0.05, 0.1) is 21.8 Å². The van der Waals surface area contributed by atoms with Crippen LogP contribution in [0.5, 0.6) is 0 Å². The van der Waals surface area contributed by atoms with E-state index in [-0.39, 0.29) is 39.5 Å². The van der Waals surface area contributed by atoms with Crippen molar-refractivity contribution in [1.29, 1.82) is 0 Å². The summed E-state index contributed by atoms with van der Waals surface area (Å²) in [5, 5.41) is 2.43. The first kappa shape index (κ1) is 28.1. The van der Waals surface area contributed by atoms with Gasteiger partial charge in [0.1, 0.15) is 27.7 Å². The maximum atomic E-state index is 13.1. The molecule has 1 aliphatic rings. The highest BCUT2D eigenvalue weighted by Gasteiger charge is 2.34. The molecule has 1 atom stereocenters. The van der Waals surface area contributed by atoms with Crippen molar-refractivity contribution < 1.29 is 22.8 Å². The number of hydrogen-bond donors (Lipinski definition) is 1. The van der Waals surface area contributed by atoms with Gasteiger partial charge in [-0.2, -0.15) is 13.2 Å². The second-order valence-electron chi connectivity index (χ2n) is 8.74. The normalized spacial score (nSPS) is 15.4. The monoisotopic (exact) mass is 587 g/mol. The van der Waals surface area contributed by atoms with Crippen molar-refractivity contribution in [3.05, 3.63) is 56.0 Å². The van der Waals surface area contributed by atoms with Crippen LogP contribution in [0, 0.1) is 0 Å². The van der Waals surface area contributed by atoms with E-state index in [9.17, 15) is 22.8 Å². The lowest BCUT2D eigenvalue weighted by molar-refractivity contribution is -0.137. The molecule has 4 rings (SSSR count). The van der Waals surface area contributed by atoms with Crippen LogP contribution in [-0.2, 0) is 6.18 Å². The van der Waals surface area contributed by atoms with E-state index in [1.165, 1.54) is 12.5 Å². The highest BCUT2D eigenvalue weighted by molar-refractivity contribution is 7.13. The molecule has 3 aromatic rings. The van der Waals surface area contributed by atoms with Gasteiger partial charge in [-0.3, -0.25) is 9.59 Å². The number of anilines is 2. The third-order valence-electron chi connectivity index (χ3n) is 5.90. The lowest BCUT2D eigenvalue weighted by Gasteiger charge is -2.33. The van der Waals surface area contributed by atoms with Gasteiger partial charge in [-0.1, -0.05) is 30.1 Å². The second kappa shape index (κ2) is 11.5. The summed E-state index contributed by atoms with van der Waals surface area (Å²) in [6.07, 6.45) is -1.24. The zero-order chi connectivity index (χ0) is 27.6. The molecule has 0 aromatic carbocycles. The molecule has 3 aromatic heterocycles. The largest absolute Gasteiger partial charge is 0.418 e. The van der Waals surface area contributed by atoms with Gasteiger partial charge in [0, 0.05) is 44.7 Å². The number of carbonyl (C=O) groups is 2. The highest BCUT2D eigenvalue weighted by Crippen LogP contribution is 2.36. The average Bonchev–Trinajstić information content (AvgIpc) is 3.36. The predicted octanol–water partition coefficient (Wildman–Crippen LogP) is 5.03. The summed E-state index contributed by atoms with van der Waals surface area (Å²) in [5.74, 6) is -1.15. The smallest absolute Gasteiger partial charge is 0.353 e. The first-order valence-corrected chi connectivity index (χ1v) is 13.0. The van der Waals surface area contributed by atoms with Gasteiger partial charge in [0.25, 0.3) is 5.91 Å². The van der Waals surface area contributed by atoms with Crippen LogP contribution in [0.3, 0.4) is 0 Å². The second-order valence-corrected chi connectivity index (χ2v) is 10.6. The number of hydrogen-bond acceptors (Lipinski definition) is 9. The Balaban J connectivity index is 1.42. The molecular weight excluding hydrogens is 566 g/mol. The number of halogens is 5. The van der Waals surface area contributed by atoms with E-state index in [1.54, 1.807) is 6.92 Å². The summed E-state index contributed by atoms with van der Waals surface area (Å²) in [6.45, 7) is 4.91. The van der Waals surface area contributed by atoms with Crippen molar-refractivity contribution in [3.8, 4) is 0 Å². The van der Waals surface area contributed by atoms with E-state index in [0.29, 0.717) is 16.9 Å². The van der Waals surface area contributed by atoms with Gasteiger partial charge in [0.2, 0.25) is 0 Å². The van der Waals surface area contributed by atoms with E-state index >= 15 is 0 Å². The molecule has 1 N–H and O–H groups in total. The number of piperazine rings is 1. The minimum atomic E-state index is -4.70.